The molecular weight excluding hydrogens is 448 g/mol. The van der Waals surface area contributed by atoms with Gasteiger partial charge in [-0.05, 0) is 42.0 Å². The van der Waals surface area contributed by atoms with Gasteiger partial charge in [-0.2, -0.15) is 14.0 Å². The molecule has 2 aliphatic rings. The van der Waals surface area contributed by atoms with Crippen molar-refractivity contribution in [3.05, 3.63) is 77.6 Å². The predicted molar refractivity (Wildman–Crippen MR) is 117 cm³/mol. The molecule has 0 amide bonds. The lowest BCUT2D eigenvalue weighted by atomic mass is 9.86. The number of hydrogen-bond donors (Lipinski definition) is 0. The van der Waals surface area contributed by atoms with Gasteiger partial charge in [-0.25, -0.2) is 8.42 Å². The van der Waals surface area contributed by atoms with Crippen LogP contribution in [0.15, 0.2) is 65.6 Å². The van der Waals surface area contributed by atoms with Crippen LogP contribution in [-0.2, 0) is 22.0 Å². The van der Waals surface area contributed by atoms with E-state index < -0.39 is 21.2 Å². The molecule has 2 aliphatic heterocycles. The fourth-order valence-corrected chi connectivity index (χ4v) is 5.43. The van der Waals surface area contributed by atoms with Crippen LogP contribution in [0.4, 0.5) is 8.78 Å². The van der Waals surface area contributed by atoms with Crippen LogP contribution in [0.5, 0.6) is 5.75 Å². The number of halogens is 2. The molecule has 3 heterocycles. The Morgan fingerprint density at radius 1 is 1.03 bits per heavy atom. The highest BCUT2D eigenvalue weighted by atomic mass is 32.2. The number of benzene rings is 2. The van der Waals surface area contributed by atoms with Crippen LogP contribution >= 0.6 is 0 Å². The normalized spacial score (nSPS) is 17.3. The summed E-state index contributed by atoms with van der Waals surface area (Å²) < 4.78 is 57.2. The van der Waals surface area contributed by atoms with Crippen LogP contribution in [0.1, 0.15) is 29.8 Å². The van der Waals surface area contributed by atoms with E-state index in [1.165, 1.54) is 12.1 Å². The number of ether oxygens (including phenoxy) is 1. The predicted octanol–water partition coefficient (Wildman–Crippen LogP) is 4.23. The van der Waals surface area contributed by atoms with E-state index in [1.54, 1.807) is 12.1 Å². The second-order valence-electron chi connectivity index (χ2n) is 8.34. The number of fused-ring (bicyclic) bond motifs is 4. The molecule has 0 bridgehead atoms. The average Bonchev–Trinajstić information content (AvgIpc) is 3.27. The fourth-order valence-electron chi connectivity index (χ4n) is 4.71. The maximum atomic E-state index is 12.7. The Morgan fingerprint density at radius 3 is 2.39 bits per heavy atom. The summed E-state index contributed by atoms with van der Waals surface area (Å²) in [5.41, 5.74) is 2.72. The van der Waals surface area contributed by atoms with E-state index in [0.29, 0.717) is 25.1 Å². The Labute approximate surface area is 190 Å². The summed E-state index contributed by atoms with van der Waals surface area (Å²) in [7, 11) is -4.59. The summed E-state index contributed by atoms with van der Waals surface area (Å²) in [6, 6.07) is 19.4. The van der Waals surface area contributed by atoms with E-state index in [9.17, 15) is 22.5 Å². The van der Waals surface area contributed by atoms with Gasteiger partial charge in [0.25, 0.3) is 0 Å². The van der Waals surface area contributed by atoms with Crippen molar-refractivity contribution in [3.8, 4) is 17.5 Å². The molecule has 0 atom stereocenters. The molecule has 6 nitrogen and oxygen atoms in total. The molecule has 0 saturated carbocycles. The Balaban J connectivity index is 1.34. The van der Waals surface area contributed by atoms with E-state index in [-0.39, 0.29) is 4.90 Å². The van der Waals surface area contributed by atoms with Gasteiger partial charge >= 0.3 is 5.76 Å². The monoisotopic (exact) mass is 469 g/mol. The van der Waals surface area contributed by atoms with Crippen molar-refractivity contribution in [3.63, 3.8) is 0 Å². The maximum Gasteiger partial charge on any atom is 0.341 e. The molecule has 33 heavy (non-hydrogen) atoms. The highest BCUT2D eigenvalue weighted by Gasteiger charge is 2.44. The zero-order chi connectivity index (χ0) is 23.2. The molecule has 0 aliphatic carbocycles. The molecule has 1 fully saturated rings. The van der Waals surface area contributed by atoms with Crippen molar-refractivity contribution in [1.82, 2.24) is 9.47 Å². The number of nitriles is 1. The summed E-state index contributed by atoms with van der Waals surface area (Å²) >= 11 is 0. The Kier molecular flexibility index (Phi) is 5.22. The largest absolute Gasteiger partial charge is 0.479 e. The van der Waals surface area contributed by atoms with Gasteiger partial charge in [0.2, 0.25) is 9.84 Å². The smallest absolute Gasteiger partial charge is 0.341 e. The molecule has 1 aromatic heterocycles. The van der Waals surface area contributed by atoms with Crippen LogP contribution in [0, 0.1) is 11.3 Å². The molecule has 1 saturated heterocycles. The average molecular weight is 470 g/mol. The standard InChI is InChI=1S/C24H21F2N3O3S/c25-23(26)33(30,31)19-8-5-17(6-9-19)16-28-13-11-24(12-14-28)22-10-7-18(15-27)29(22)20-3-1-2-4-21(20)32-24/h1-10,23H,11-14,16H2. The quantitative estimate of drug-likeness (QED) is 0.572. The van der Waals surface area contributed by atoms with E-state index in [2.05, 4.69) is 11.0 Å². The number of para-hydroxylation sites is 2. The van der Waals surface area contributed by atoms with E-state index in [4.69, 9.17) is 4.74 Å². The summed E-state index contributed by atoms with van der Waals surface area (Å²) in [6.45, 7) is 2.03. The highest BCUT2D eigenvalue weighted by Crippen LogP contribution is 2.45. The first-order valence-electron chi connectivity index (χ1n) is 10.6. The second kappa shape index (κ2) is 7.97. The summed E-state index contributed by atoms with van der Waals surface area (Å²) in [5.74, 6) is -2.68. The van der Waals surface area contributed by atoms with Gasteiger partial charge in [0.15, 0.2) is 5.60 Å². The van der Waals surface area contributed by atoms with Gasteiger partial charge in [0, 0.05) is 32.5 Å². The molecule has 170 valence electrons. The number of aromatic nitrogens is 1. The molecular formula is C24H21F2N3O3S. The number of alkyl halides is 2. The van der Waals surface area contributed by atoms with Gasteiger partial charge in [0.1, 0.15) is 17.5 Å². The third-order valence-corrected chi connectivity index (χ3v) is 7.83. The van der Waals surface area contributed by atoms with Crippen molar-refractivity contribution in [1.29, 1.82) is 5.26 Å². The third-order valence-electron chi connectivity index (χ3n) is 6.43. The zero-order valence-electron chi connectivity index (χ0n) is 17.6. The van der Waals surface area contributed by atoms with Crippen molar-refractivity contribution in [2.75, 3.05) is 13.1 Å². The van der Waals surface area contributed by atoms with Gasteiger partial charge in [0.05, 0.1) is 16.3 Å². The van der Waals surface area contributed by atoms with Crippen LogP contribution in [0.3, 0.4) is 0 Å². The van der Waals surface area contributed by atoms with Gasteiger partial charge in [-0.15, -0.1) is 0 Å². The van der Waals surface area contributed by atoms with Gasteiger partial charge < -0.3 is 4.74 Å². The topological polar surface area (TPSA) is 75.3 Å². The SMILES string of the molecule is N#Cc1ccc2n1-c1ccccc1OC21CCN(Cc2ccc(S(=O)(=O)C(F)F)cc2)CC1. The van der Waals surface area contributed by atoms with Crippen LogP contribution in [-0.4, -0.2) is 36.7 Å². The minimum atomic E-state index is -4.59. The molecule has 0 radical (unpaired) electrons. The van der Waals surface area contributed by atoms with E-state index >= 15 is 0 Å². The summed E-state index contributed by atoms with van der Waals surface area (Å²) in [5, 5.41) is 9.60. The lowest BCUT2D eigenvalue weighted by molar-refractivity contribution is -0.0151. The number of sulfone groups is 1. The summed E-state index contributed by atoms with van der Waals surface area (Å²) in [4.78, 5) is 1.85. The van der Waals surface area contributed by atoms with Crippen molar-refractivity contribution in [2.45, 2.75) is 35.6 Å². The van der Waals surface area contributed by atoms with E-state index in [0.717, 1.165) is 35.8 Å². The molecule has 2 aromatic carbocycles. The van der Waals surface area contributed by atoms with Crippen molar-refractivity contribution < 1.29 is 21.9 Å². The Bertz CT molecular complexity index is 1340. The second-order valence-corrected chi connectivity index (χ2v) is 10.3. The third kappa shape index (κ3) is 3.59. The molecule has 9 heteroatoms. The molecule has 0 unspecified atom stereocenters. The van der Waals surface area contributed by atoms with Gasteiger partial charge in [-0.3, -0.25) is 9.47 Å². The molecule has 5 rings (SSSR count). The number of nitrogens with zero attached hydrogens (tertiary/aromatic N) is 3. The zero-order valence-corrected chi connectivity index (χ0v) is 18.4. The number of hydrogen-bond acceptors (Lipinski definition) is 5. The van der Waals surface area contributed by atoms with E-state index in [1.807, 2.05) is 41.0 Å². The summed E-state index contributed by atoms with van der Waals surface area (Å²) in [6.07, 6.45) is 1.43. The number of rotatable bonds is 4. The Morgan fingerprint density at radius 2 is 1.73 bits per heavy atom. The van der Waals surface area contributed by atoms with Crippen molar-refractivity contribution >= 4 is 9.84 Å². The lowest BCUT2D eigenvalue weighted by Gasteiger charge is -2.45. The first-order chi connectivity index (χ1) is 15.8. The number of likely N-dealkylation sites (tertiary alicyclic amines) is 1. The number of piperidine rings is 1. The maximum absolute atomic E-state index is 12.7. The first-order valence-corrected chi connectivity index (χ1v) is 12.1. The molecule has 0 N–H and O–H groups in total. The van der Waals surface area contributed by atoms with Crippen LogP contribution < -0.4 is 4.74 Å². The van der Waals surface area contributed by atoms with Gasteiger partial charge in [-0.1, -0.05) is 24.3 Å². The highest BCUT2D eigenvalue weighted by molar-refractivity contribution is 7.91. The molecule has 1 spiro atoms. The minimum Gasteiger partial charge on any atom is -0.479 e. The lowest BCUT2D eigenvalue weighted by Crippen LogP contribution is -2.48. The first kappa shape index (κ1) is 21.6. The minimum absolute atomic E-state index is 0.373. The van der Waals surface area contributed by atoms with Crippen molar-refractivity contribution in [2.24, 2.45) is 0 Å². The molecule has 3 aromatic rings. The van der Waals surface area contributed by atoms with Crippen LogP contribution in [0.25, 0.3) is 5.69 Å². The van der Waals surface area contributed by atoms with Crippen LogP contribution in [0.2, 0.25) is 0 Å². The fraction of sp³-hybridized carbons (Fsp3) is 0.292. The Hall–Kier alpha value is -3.22.